The lowest BCUT2D eigenvalue weighted by Gasteiger charge is -2.12. The molecule has 17 heavy (non-hydrogen) atoms. The van der Waals surface area contributed by atoms with E-state index in [1.165, 1.54) is 9.13 Å². The molecule has 0 aliphatic carbocycles. The maximum absolute atomic E-state index is 5.79. The van der Waals surface area contributed by atoms with Crippen molar-refractivity contribution >= 4 is 55.6 Å². The summed E-state index contributed by atoms with van der Waals surface area (Å²) in [5.74, 6) is 0. The molecule has 2 aromatic rings. The monoisotopic (exact) mass is 402 g/mol. The first-order chi connectivity index (χ1) is 8.06. The molecule has 2 nitrogen and oxygen atoms in total. The highest BCUT2D eigenvalue weighted by Crippen LogP contribution is 2.29. The van der Waals surface area contributed by atoms with E-state index in [4.69, 9.17) is 5.73 Å². The first-order valence-electron chi connectivity index (χ1n) is 5.14. The van der Waals surface area contributed by atoms with Crippen molar-refractivity contribution in [3.8, 4) is 0 Å². The molecule has 0 saturated carbocycles. The highest BCUT2D eigenvalue weighted by molar-refractivity contribution is 14.1. The molecule has 0 aliphatic heterocycles. The average molecular weight is 403 g/mol. The van der Waals surface area contributed by atoms with E-state index >= 15 is 0 Å². The van der Waals surface area contributed by atoms with Gasteiger partial charge >= 0.3 is 0 Å². The van der Waals surface area contributed by atoms with Gasteiger partial charge in [-0.05, 0) is 81.3 Å². The third kappa shape index (κ3) is 3.13. The van der Waals surface area contributed by atoms with E-state index in [0.29, 0.717) is 0 Å². The van der Waals surface area contributed by atoms with Gasteiger partial charge in [-0.25, -0.2) is 0 Å². The zero-order chi connectivity index (χ0) is 12.4. The number of aryl methyl sites for hydroxylation is 1. The van der Waals surface area contributed by atoms with Crippen molar-refractivity contribution in [2.45, 2.75) is 6.92 Å². The van der Waals surface area contributed by atoms with Gasteiger partial charge in [-0.3, -0.25) is 0 Å². The molecule has 0 aliphatic rings. The Kier molecular flexibility index (Phi) is 3.93. The second-order valence-corrected chi connectivity index (χ2v) is 5.92. The Labute approximate surface area is 123 Å². The number of nitrogens with one attached hydrogen (secondary N) is 1. The Morgan fingerprint density at radius 3 is 2.59 bits per heavy atom. The van der Waals surface area contributed by atoms with E-state index in [1.54, 1.807) is 0 Å². The molecule has 2 rings (SSSR count). The molecule has 0 aromatic heterocycles. The molecular formula is C13H12BrIN2. The van der Waals surface area contributed by atoms with Crippen molar-refractivity contribution in [3.63, 3.8) is 0 Å². The number of anilines is 3. The van der Waals surface area contributed by atoms with Crippen LogP contribution in [0.15, 0.2) is 40.9 Å². The number of halogens is 2. The standard InChI is InChI=1S/C13H12BrIN2/c1-8-2-4-10(16)7-13(8)17-12-5-3-9(15)6-11(12)14/h2-7,17H,16H2,1H3. The van der Waals surface area contributed by atoms with Gasteiger partial charge in [-0.2, -0.15) is 0 Å². The van der Waals surface area contributed by atoms with Crippen LogP contribution in [-0.2, 0) is 0 Å². The highest BCUT2D eigenvalue weighted by atomic mass is 127. The van der Waals surface area contributed by atoms with Crippen molar-refractivity contribution in [1.82, 2.24) is 0 Å². The number of nitrogen functional groups attached to an aromatic ring is 1. The smallest absolute Gasteiger partial charge is 0.0529 e. The van der Waals surface area contributed by atoms with Gasteiger partial charge in [-0.15, -0.1) is 0 Å². The largest absolute Gasteiger partial charge is 0.399 e. The summed E-state index contributed by atoms with van der Waals surface area (Å²) >= 11 is 5.84. The van der Waals surface area contributed by atoms with Crippen LogP contribution < -0.4 is 11.1 Å². The van der Waals surface area contributed by atoms with Crippen LogP contribution in [0.1, 0.15) is 5.56 Å². The minimum absolute atomic E-state index is 0.764. The number of nitrogens with two attached hydrogens (primary N) is 1. The van der Waals surface area contributed by atoms with Crippen LogP contribution in [0.5, 0.6) is 0 Å². The Balaban J connectivity index is 2.34. The first-order valence-corrected chi connectivity index (χ1v) is 7.01. The lowest BCUT2D eigenvalue weighted by Crippen LogP contribution is -1.96. The summed E-state index contributed by atoms with van der Waals surface area (Å²) in [5.41, 5.74) is 9.80. The maximum atomic E-state index is 5.79. The lowest BCUT2D eigenvalue weighted by molar-refractivity contribution is 1.42. The summed E-state index contributed by atoms with van der Waals surface area (Å²) in [5, 5.41) is 3.38. The second kappa shape index (κ2) is 5.27. The summed E-state index contributed by atoms with van der Waals surface area (Å²) in [6, 6.07) is 12.1. The predicted octanol–water partition coefficient (Wildman–Crippen LogP) is 4.69. The van der Waals surface area contributed by atoms with Crippen LogP contribution in [0.3, 0.4) is 0 Å². The zero-order valence-corrected chi connectivity index (χ0v) is 13.0. The molecule has 88 valence electrons. The Bertz CT molecular complexity index is 555. The van der Waals surface area contributed by atoms with Crippen molar-refractivity contribution in [2.75, 3.05) is 11.1 Å². The van der Waals surface area contributed by atoms with Gasteiger partial charge < -0.3 is 11.1 Å². The zero-order valence-electron chi connectivity index (χ0n) is 9.30. The minimum Gasteiger partial charge on any atom is -0.399 e. The molecule has 0 bridgehead atoms. The van der Waals surface area contributed by atoms with Crippen LogP contribution in [0.2, 0.25) is 0 Å². The molecule has 4 heteroatoms. The molecule has 0 atom stereocenters. The third-order valence-corrected chi connectivity index (χ3v) is 3.79. The van der Waals surface area contributed by atoms with Gasteiger partial charge in [0, 0.05) is 19.4 Å². The third-order valence-electron chi connectivity index (χ3n) is 2.46. The summed E-state index contributed by atoms with van der Waals surface area (Å²) in [7, 11) is 0. The molecule has 0 amide bonds. The van der Waals surface area contributed by atoms with Crippen LogP contribution in [0.4, 0.5) is 17.1 Å². The first kappa shape index (κ1) is 12.7. The molecule has 0 radical (unpaired) electrons. The van der Waals surface area contributed by atoms with E-state index in [2.05, 4.69) is 69.0 Å². The van der Waals surface area contributed by atoms with E-state index in [0.717, 1.165) is 21.5 Å². The molecule has 0 saturated heterocycles. The van der Waals surface area contributed by atoms with Crippen LogP contribution in [0, 0.1) is 10.5 Å². The van der Waals surface area contributed by atoms with Crippen LogP contribution in [0.25, 0.3) is 0 Å². The molecule has 0 unspecified atom stereocenters. The number of hydrogen-bond acceptors (Lipinski definition) is 2. The van der Waals surface area contributed by atoms with Crippen LogP contribution in [-0.4, -0.2) is 0 Å². The fourth-order valence-corrected chi connectivity index (χ4v) is 2.91. The van der Waals surface area contributed by atoms with Gasteiger partial charge in [0.1, 0.15) is 0 Å². The SMILES string of the molecule is Cc1ccc(N)cc1Nc1ccc(I)cc1Br. The minimum atomic E-state index is 0.764. The van der Waals surface area contributed by atoms with Gasteiger partial charge in [0.05, 0.1) is 5.69 Å². The summed E-state index contributed by atoms with van der Waals surface area (Å²) in [6.07, 6.45) is 0. The van der Waals surface area contributed by atoms with E-state index in [1.807, 2.05) is 18.2 Å². The highest BCUT2D eigenvalue weighted by Gasteiger charge is 2.03. The van der Waals surface area contributed by atoms with E-state index < -0.39 is 0 Å². The maximum Gasteiger partial charge on any atom is 0.0529 e. The molecule has 3 N–H and O–H groups in total. The fraction of sp³-hybridized carbons (Fsp3) is 0.0769. The van der Waals surface area contributed by atoms with E-state index in [9.17, 15) is 0 Å². The Hall–Kier alpha value is -0.750. The molecular weight excluding hydrogens is 391 g/mol. The summed E-state index contributed by atoms with van der Waals surface area (Å²) in [6.45, 7) is 2.06. The second-order valence-electron chi connectivity index (χ2n) is 3.82. The van der Waals surface area contributed by atoms with Crippen molar-refractivity contribution in [1.29, 1.82) is 0 Å². The van der Waals surface area contributed by atoms with Gasteiger partial charge in [0.25, 0.3) is 0 Å². The van der Waals surface area contributed by atoms with Gasteiger partial charge in [-0.1, -0.05) is 6.07 Å². The van der Waals surface area contributed by atoms with Gasteiger partial charge in [0.2, 0.25) is 0 Å². The number of benzene rings is 2. The average Bonchev–Trinajstić information content (AvgIpc) is 2.27. The lowest BCUT2D eigenvalue weighted by atomic mass is 10.1. The molecule has 2 aromatic carbocycles. The summed E-state index contributed by atoms with van der Waals surface area (Å²) < 4.78 is 2.25. The summed E-state index contributed by atoms with van der Waals surface area (Å²) in [4.78, 5) is 0. The van der Waals surface area contributed by atoms with Crippen molar-refractivity contribution in [2.24, 2.45) is 0 Å². The topological polar surface area (TPSA) is 38.0 Å². The molecule has 0 heterocycles. The van der Waals surface area contributed by atoms with Crippen molar-refractivity contribution < 1.29 is 0 Å². The number of rotatable bonds is 2. The van der Waals surface area contributed by atoms with E-state index in [-0.39, 0.29) is 0 Å². The number of hydrogen-bond donors (Lipinski definition) is 2. The van der Waals surface area contributed by atoms with Gasteiger partial charge in [0.15, 0.2) is 0 Å². The quantitative estimate of drug-likeness (QED) is 0.565. The molecule has 0 spiro atoms. The van der Waals surface area contributed by atoms with Crippen LogP contribution >= 0.6 is 38.5 Å². The predicted molar refractivity (Wildman–Crippen MR) is 85.7 cm³/mol. The Morgan fingerprint density at radius 2 is 1.88 bits per heavy atom. The van der Waals surface area contributed by atoms with Crippen molar-refractivity contribution in [3.05, 3.63) is 50.0 Å². The fourth-order valence-electron chi connectivity index (χ4n) is 1.51. The normalized spacial score (nSPS) is 10.3. The Morgan fingerprint density at radius 1 is 1.12 bits per heavy atom. The molecule has 0 fully saturated rings.